The standard InChI is InChI=1S/C13H7Cl5O/c1-19-13-9(15)5-3-7(11(13)17)6-2-4-8(14)12(18)10(6)16/h2-5H,1H3. The van der Waals surface area contributed by atoms with Crippen molar-refractivity contribution in [2.45, 2.75) is 0 Å². The van der Waals surface area contributed by atoms with Crippen LogP contribution in [0.2, 0.25) is 25.1 Å². The fraction of sp³-hybridized carbons (Fsp3) is 0.0769. The Balaban J connectivity index is 2.70. The maximum absolute atomic E-state index is 6.27. The lowest BCUT2D eigenvalue weighted by molar-refractivity contribution is 0.415. The molecule has 0 saturated heterocycles. The van der Waals surface area contributed by atoms with E-state index in [1.807, 2.05) is 0 Å². The molecule has 2 aromatic carbocycles. The third-order valence-electron chi connectivity index (χ3n) is 2.58. The molecule has 0 aromatic heterocycles. The Hall–Kier alpha value is -0.310. The van der Waals surface area contributed by atoms with Gasteiger partial charge in [0.15, 0.2) is 5.75 Å². The van der Waals surface area contributed by atoms with E-state index >= 15 is 0 Å². The molecule has 0 heterocycles. The predicted molar refractivity (Wildman–Crippen MR) is 83.5 cm³/mol. The third-order valence-corrected chi connectivity index (χ3v) is 4.55. The van der Waals surface area contributed by atoms with Gasteiger partial charge < -0.3 is 4.74 Å². The molecule has 0 aliphatic heterocycles. The van der Waals surface area contributed by atoms with Gasteiger partial charge in [0, 0.05) is 11.1 Å². The number of benzene rings is 2. The molecule has 1 nitrogen and oxygen atoms in total. The van der Waals surface area contributed by atoms with Gasteiger partial charge in [0.2, 0.25) is 0 Å². The number of ether oxygens (including phenoxy) is 1. The lowest BCUT2D eigenvalue weighted by Gasteiger charge is -2.13. The highest BCUT2D eigenvalue weighted by atomic mass is 35.5. The molecule has 0 aliphatic rings. The molecular formula is C13H7Cl5O. The highest BCUT2D eigenvalue weighted by Gasteiger charge is 2.17. The Morgan fingerprint density at radius 1 is 0.684 bits per heavy atom. The molecule has 0 atom stereocenters. The van der Waals surface area contributed by atoms with Crippen LogP contribution >= 0.6 is 58.0 Å². The van der Waals surface area contributed by atoms with E-state index in [-0.39, 0.29) is 5.02 Å². The van der Waals surface area contributed by atoms with Gasteiger partial charge >= 0.3 is 0 Å². The van der Waals surface area contributed by atoms with Crippen molar-refractivity contribution in [3.05, 3.63) is 49.4 Å². The molecule has 0 saturated carbocycles. The van der Waals surface area contributed by atoms with Crippen LogP contribution in [-0.4, -0.2) is 7.11 Å². The van der Waals surface area contributed by atoms with Crippen molar-refractivity contribution in [1.29, 1.82) is 0 Å². The fourth-order valence-electron chi connectivity index (χ4n) is 1.66. The zero-order valence-corrected chi connectivity index (χ0v) is 13.4. The van der Waals surface area contributed by atoms with Gasteiger partial charge in [0.25, 0.3) is 0 Å². The maximum Gasteiger partial charge on any atom is 0.156 e. The molecule has 0 radical (unpaired) electrons. The molecule has 0 fully saturated rings. The molecular weight excluding hydrogens is 349 g/mol. The molecule has 0 aliphatic carbocycles. The first-order valence-corrected chi connectivity index (χ1v) is 7.02. The minimum atomic E-state index is 0.283. The van der Waals surface area contributed by atoms with Gasteiger partial charge in [-0.15, -0.1) is 0 Å². The van der Waals surface area contributed by atoms with Crippen LogP contribution < -0.4 is 4.74 Å². The fourth-order valence-corrected chi connectivity index (χ4v) is 2.93. The lowest BCUT2D eigenvalue weighted by atomic mass is 10.1. The molecule has 0 N–H and O–H groups in total. The maximum atomic E-state index is 6.27. The Kier molecular flexibility index (Phi) is 4.75. The van der Waals surface area contributed by atoms with Crippen LogP contribution in [0, 0.1) is 0 Å². The van der Waals surface area contributed by atoms with E-state index in [1.165, 1.54) is 7.11 Å². The summed E-state index contributed by atoms with van der Waals surface area (Å²) in [5.74, 6) is 0.392. The summed E-state index contributed by atoms with van der Waals surface area (Å²) in [6, 6.07) is 6.83. The van der Waals surface area contributed by atoms with Crippen LogP contribution in [0.15, 0.2) is 24.3 Å². The van der Waals surface area contributed by atoms with E-state index in [9.17, 15) is 0 Å². The van der Waals surface area contributed by atoms with Crippen LogP contribution in [0.1, 0.15) is 0 Å². The van der Waals surface area contributed by atoms with Crippen molar-refractivity contribution in [3.63, 3.8) is 0 Å². The summed E-state index contributed by atoms with van der Waals surface area (Å²) in [5.41, 5.74) is 1.34. The zero-order valence-electron chi connectivity index (χ0n) is 9.61. The first kappa shape index (κ1) is 15.1. The van der Waals surface area contributed by atoms with E-state index in [4.69, 9.17) is 62.7 Å². The SMILES string of the molecule is COc1c(Cl)ccc(-c2ccc(Cl)c(Cl)c2Cl)c1Cl. The Morgan fingerprint density at radius 2 is 1.21 bits per heavy atom. The molecule has 0 unspecified atom stereocenters. The van der Waals surface area contributed by atoms with E-state index in [0.717, 1.165) is 0 Å². The van der Waals surface area contributed by atoms with Crippen LogP contribution in [-0.2, 0) is 0 Å². The first-order valence-electron chi connectivity index (χ1n) is 5.13. The number of halogens is 5. The second-order valence-corrected chi connectivity index (χ2v) is 5.61. The number of rotatable bonds is 2. The second kappa shape index (κ2) is 5.99. The smallest absolute Gasteiger partial charge is 0.156 e. The highest BCUT2D eigenvalue weighted by Crippen LogP contribution is 2.44. The lowest BCUT2D eigenvalue weighted by Crippen LogP contribution is -1.89. The summed E-state index contributed by atoms with van der Waals surface area (Å²) in [6.07, 6.45) is 0. The van der Waals surface area contributed by atoms with Crippen LogP contribution in [0.5, 0.6) is 5.75 Å². The van der Waals surface area contributed by atoms with Crippen molar-refractivity contribution >= 4 is 58.0 Å². The quantitative estimate of drug-likeness (QED) is 0.549. The van der Waals surface area contributed by atoms with Gasteiger partial charge in [0.1, 0.15) is 0 Å². The summed E-state index contributed by atoms with van der Waals surface area (Å²) in [5, 5.41) is 1.79. The van der Waals surface area contributed by atoms with Crippen LogP contribution in [0.25, 0.3) is 11.1 Å². The van der Waals surface area contributed by atoms with Gasteiger partial charge in [-0.25, -0.2) is 0 Å². The molecule has 0 spiro atoms. The predicted octanol–water partition coefficient (Wildman–Crippen LogP) is 6.63. The van der Waals surface area contributed by atoms with Crippen molar-refractivity contribution < 1.29 is 4.74 Å². The normalized spacial score (nSPS) is 10.6. The molecule has 2 aromatic rings. The van der Waals surface area contributed by atoms with Gasteiger partial charge in [-0.05, 0) is 12.1 Å². The van der Waals surface area contributed by atoms with Gasteiger partial charge in [-0.3, -0.25) is 0 Å². The monoisotopic (exact) mass is 354 g/mol. The van der Waals surface area contributed by atoms with Crippen LogP contribution in [0.3, 0.4) is 0 Å². The van der Waals surface area contributed by atoms with Gasteiger partial charge in [-0.1, -0.05) is 70.1 Å². The largest absolute Gasteiger partial charge is 0.494 e. The Bertz CT molecular complexity index is 639. The summed E-state index contributed by atoms with van der Waals surface area (Å²) >= 11 is 30.4. The van der Waals surface area contributed by atoms with Crippen molar-refractivity contribution in [3.8, 4) is 16.9 Å². The Morgan fingerprint density at radius 3 is 1.79 bits per heavy atom. The topological polar surface area (TPSA) is 9.23 Å². The Labute approximate surface area is 135 Å². The molecule has 100 valence electrons. The van der Waals surface area contributed by atoms with Crippen molar-refractivity contribution in [1.82, 2.24) is 0 Å². The first-order chi connectivity index (χ1) is 8.97. The zero-order chi connectivity index (χ0) is 14.2. The van der Waals surface area contributed by atoms with E-state index in [1.54, 1.807) is 24.3 Å². The minimum Gasteiger partial charge on any atom is -0.494 e. The molecule has 19 heavy (non-hydrogen) atoms. The summed E-state index contributed by atoms with van der Waals surface area (Å²) < 4.78 is 5.17. The van der Waals surface area contributed by atoms with Gasteiger partial charge in [-0.2, -0.15) is 0 Å². The molecule has 6 heteroatoms. The van der Waals surface area contributed by atoms with Crippen molar-refractivity contribution in [2.75, 3.05) is 7.11 Å². The summed E-state index contributed by atoms with van der Waals surface area (Å²) in [6.45, 7) is 0. The van der Waals surface area contributed by atoms with E-state index < -0.39 is 0 Å². The van der Waals surface area contributed by atoms with Crippen LogP contribution in [0.4, 0.5) is 0 Å². The number of hydrogen-bond acceptors (Lipinski definition) is 1. The summed E-state index contributed by atoms with van der Waals surface area (Å²) in [4.78, 5) is 0. The number of hydrogen-bond donors (Lipinski definition) is 0. The average Bonchev–Trinajstić information content (AvgIpc) is 2.38. The third kappa shape index (κ3) is 2.76. The molecule has 2 rings (SSSR count). The van der Waals surface area contributed by atoms with Gasteiger partial charge in [0.05, 0.1) is 32.2 Å². The molecule has 0 bridgehead atoms. The second-order valence-electron chi connectivity index (χ2n) is 3.67. The van der Waals surface area contributed by atoms with Crippen molar-refractivity contribution in [2.24, 2.45) is 0 Å². The van der Waals surface area contributed by atoms with E-state index in [0.29, 0.717) is 37.0 Å². The minimum absolute atomic E-state index is 0.283. The highest BCUT2D eigenvalue weighted by molar-refractivity contribution is 6.49. The van der Waals surface area contributed by atoms with E-state index in [2.05, 4.69) is 0 Å². The number of methoxy groups -OCH3 is 1. The summed E-state index contributed by atoms with van der Waals surface area (Å²) in [7, 11) is 1.49. The molecule has 0 amide bonds. The average molecular weight is 356 g/mol.